The normalized spacial score (nSPS) is 18.7. The number of likely N-dealkylation sites (tertiary alicyclic amines) is 1. The van der Waals surface area contributed by atoms with Crippen LogP contribution in [0.4, 0.5) is 4.39 Å². The minimum absolute atomic E-state index is 0.0117. The SMILES string of the molecule is CCCC1CCCCN1C(=O)c1ccc(-c2cc(C(=O)NC3CC3)cc(F)c2C)nc1. The van der Waals surface area contributed by atoms with E-state index in [1.54, 1.807) is 31.3 Å². The maximum Gasteiger partial charge on any atom is 0.255 e. The molecule has 2 aromatic rings. The molecule has 0 radical (unpaired) electrons. The predicted octanol–water partition coefficient (Wildman–Crippen LogP) is 4.88. The topological polar surface area (TPSA) is 62.3 Å². The van der Waals surface area contributed by atoms with Crippen molar-refractivity contribution in [1.82, 2.24) is 15.2 Å². The van der Waals surface area contributed by atoms with Crippen LogP contribution in [-0.2, 0) is 0 Å². The van der Waals surface area contributed by atoms with E-state index in [0.29, 0.717) is 34.0 Å². The lowest BCUT2D eigenvalue weighted by molar-refractivity contribution is 0.0600. The first-order chi connectivity index (χ1) is 15.0. The van der Waals surface area contributed by atoms with Crippen LogP contribution in [0.1, 0.15) is 78.1 Å². The van der Waals surface area contributed by atoms with E-state index in [9.17, 15) is 14.0 Å². The molecule has 31 heavy (non-hydrogen) atoms. The van der Waals surface area contributed by atoms with E-state index in [1.807, 2.05) is 4.90 Å². The number of hydrogen-bond acceptors (Lipinski definition) is 3. The Morgan fingerprint density at radius 3 is 2.65 bits per heavy atom. The number of nitrogens with one attached hydrogen (secondary N) is 1. The zero-order valence-electron chi connectivity index (χ0n) is 18.3. The van der Waals surface area contributed by atoms with Crippen molar-refractivity contribution >= 4 is 11.8 Å². The number of amides is 2. The summed E-state index contributed by atoms with van der Waals surface area (Å²) in [6, 6.07) is 6.96. The van der Waals surface area contributed by atoms with Crippen molar-refractivity contribution in [3.63, 3.8) is 0 Å². The lowest BCUT2D eigenvalue weighted by atomic mass is 9.97. The van der Waals surface area contributed by atoms with Crippen molar-refractivity contribution in [3.8, 4) is 11.3 Å². The molecule has 1 unspecified atom stereocenters. The second-order valence-corrected chi connectivity index (χ2v) is 8.75. The van der Waals surface area contributed by atoms with Gasteiger partial charge in [0.15, 0.2) is 0 Å². The van der Waals surface area contributed by atoms with Gasteiger partial charge in [-0.05, 0) is 75.3 Å². The van der Waals surface area contributed by atoms with Crippen LogP contribution >= 0.6 is 0 Å². The average molecular weight is 424 g/mol. The number of hydrogen-bond donors (Lipinski definition) is 1. The van der Waals surface area contributed by atoms with Crippen LogP contribution in [0, 0.1) is 12.7 Å². The first-order valence-electron chi connectivity index (χ1n) is 11.4. The summed E-state index contributed by atoms with van der Waals surface area (Å²) in [5.41, 5.74) is 2.41. The number of piperidine rings is 1. The molecule has 1 aliphatic heterocycles. The van der Waals surface area contributed by atoms with Gasteiger partial charge in [-0.2, -0.15) is 0 Å². The Morgan fingerprint density at radius 2 is 1.97 bits per heavy atom. The molecule has 1 saturated heterocycles. The van der Waals surface area contributed by atoms with Gasteiger partial charge in [0, 0.05) is 36.0 Å². The predicted molar refractivity (Wildman–Crippen MR) is 118 cm³/mol. The van der Waals surface area contributed by atoms with Crippen LogP contribution in [0.25, 0.3) is 11.3 Å². The molecule has 1 aromatic heterocycles. The lowest BCUT2D eigenvalue weighted by Gasteiger charge is -2.35. The van der Waals surface area contributed by atoms with E-state index in [1.165, 1.54) is 12.5 Å². The molecule has 1 atom stereocenters. The lowest BCUT2D eigenvalue weighted by Crippen LogP contribution is -2.43. The van der Waals surface area contributed by atoms with Gasteiger partial charge in [-0.3, -0.25) is 14.6 Å². The van der Waals surface area contributed by atoms with Gasteiger partial charge in [0.25, 0.3) is 11.8 Å². The number of carbonyl (C=O) groups is 2. The maximum absolute atomic E-state index is 14.5. The Bertz CT molecular complexity index is 967. The van der Waals surface area contributed by atoms with Gasteiger partial charge >= 0.3 is 0 Å². The van der Waals surface area contributed by atoms with E-state index in [2.05, 4.69) is 17.2 Å². The third-order valence-electron chi connectivity index (χ3n) is 6.32. The minimum atomic E-state index is -0.434. The summed E-state index contributed by atoms with van der Waals surface area (Å²) >= 11 is 0. The molecule has 5 nitrogen and oxygen atoms in total. The van der Waals surface area contributed by atoms with Crippen molar-refractivity contribution in [1.29, 1.82) is 0 Å². The molecule has 164 valence electrons. The van der Waals surface area contributed by atoms with E-state index in [0.717, 1.165) is 45.1 Å². The zero-order valence-corrected chi connectivity index (χ0v) is 18.3. The van der Waals surface area contributed by atoms with Gasteiger partial charge in [-0.25, -0.2) is 4.39 Å². The number of benzene rings is 1. The van der Waals surface area contributed by atoms with E-state index < -0.39 is 5.82 Å². The highest BCUT2D eigenvalue weighted by atomic mass is 19.1. The summed E-state index contributed by atoms with van der Waals surface area (Å²) < 4.78 is 14.5. The molecule has 1 N–H and O–H groups in total. The highest BCUT2D eigenvalue weighted by Gasteiger charge is 2.27. The minimum Gasteiger partial charge on any atom is -0.349 e. The van der Waals surface area contributed by atoms with Crippen LogP contribution in [0.3, 0.4) is 0 Å². The molecule has 1 saturated carbocycles. The molecule has 1 aliphatic carbocycles. The molecular formula is C25H30FN3O2. The highest BCUT2D eigenvalue weighted by Crippen LogP contribution is 2.28. The van der Waals surface area contributed by atoms with Gasteiger partial charge in [0.1, 0.15) is 5.82 Å². The van der Waals surface area contributed by atoms with Crippen LogP contribution in [0.2, 0.25) is 0 Å². The number of pyridine rings is 1. The summed E-state index contributed by atoms with van der Waals surface area (Å²) in [6.45, 7) is 4.61. The number of aromatic nitrogens is 1. The summed E-state index contributed by atoms with van der Waals surface area (Å²) in [6.07, 6.45) is 8.85. The standard InChI is InChI=1S/C25H30FN3O2/c1-3-6-20-7-4-5-12-29(20)25(31)17-8-11-23(27-15-17)21-13-18(14-22(26)16(21)2)24(30)28-19-9-10-19/h8,11,13-15,19-20H,3-7,9-10,12H2,1-2H3,(H,28,30). The Hall–Kier alpha value is -2.76. The first-order valence-corrected chi connectivity index (χ1v) is 11.4. The number of halogens is 1. The van der Waals surface area contributed by atoms with Crippen LogP contribution in [-0.4, -0.2) is 40.3 Å². The van der Waals surface area contributed by atoms with Gasteiger partial charge < -0.3 is 10.2 Å². The van der Waals surface area contributed by atoms with E-state index in [4.69, 9.17) is 0 Å². The molecule has 6 heteroatoms. The average Bonchev–Trinajstić information content (AvgIpc) is 3.60. The van der Waals surface area contributed by atoms with Crippen molar-refractivity contribution in [2.24, 2.45) is 0 Å². The monoisotopic (exact) mass is 423 g/mol. The van der Waals surface area contributed by atoms with Gasteiger partial charge in [-0.1, -0.05) is 13.3 Å². The smallest absolute Gasteiger partial charge is 0.255 e. The van der Waals surface area contributed by atoms with Crippen LogP contribution in [0.15, 0.2) is 30.5 Å². The van der Waals surface area contributed by atoms with Crippen LogP contribution < -0.4 is 5.32 Å². The molecule has 2 amide bonds. The van der Waals surface area contributed by atoms with Crippen molar-refractivity contribution in [3.05, 3.63) is 53.0 Å². The number of rotatable bonds is 6. The fraction of sp³-hybridized carbons (Fsp3) is 0.480. The Balaban J connectivity index is 1.56. The molecule has 2 heterocycles. The molecule has 0 bridgehead atoms. The fourth-order valence-electron chi connectivity index (χ4n) is 4.32. The Kier molecular flexibility index (Phi) is 6.35. The van der Waals surface area contributed by atoms with Crippen LogP contribution in [0.5, 0.6) is 0 Å². The number of nitrogens with zero attached hydrogens (tertiary/aromatic N) is 2. The first kappa shape index (κ1) is 21.5. The van der Waals surface area contributed by atoms with Gasteiger partial charge in [-0.15, -0.1) is 0 Å². The van der Waals surface area contributed by atoms with Crippen molar-refractivity contribution < 1.29 is 14.0 Å². The van der Waals surface area contributed by atoms with Crippen molar-refractivity contribution in [2.45, 2.75) is 70.9 Å². The molecule has 2 aliphatic rings. The van der Waals surface area contributed by atoms with E-state index >= 15 is 0 Å². The van der Waals surface area contributed by atoms with Gasteiger partial charge in [0.05, 0.1) is 11.3 Å². The summed E-state index contributed by atoms with van der Waals surface area (Å²) in [5, 5.41) is 2.89. The third kappa shape index (κ3) is 4.78. The van der Waals surface area contributed by atoms with E-state index in [-0.39, 0.29) is 17.9 Å². The second kappa shape index (κ2) is 9.16. The molecule has 4 rings (SSSR count). The third-order valence-corrected chi connectivity index (χ3v) is 6.32. The summed E-state index contributed by atoms with van der Waals surface area (Å²) in [4.78, 5) is 31.9. The Labute approximate surface area is 183 Å². The largest absolute Gasteiger partial charge is 0.349 e. The summed E-state index contributed by atoms with van der Waals surface area (Å²) in [7, 11) is 0. The number of carbonyl (C=O) groups excluding carboxylic acids is 2. The molecule has 1 aromatic carbocycles. The second-order valence-electron chi connectivity index (χ2n) is 8.75. The quantitative estimate of drug-likeness (QED) is 0.720. The molecular weight excluding hydrogens is 393 g/mol. The van der Waals surface area contributed by atoms with Gasteiger partial charge in [0.2, 0.25) is 0 Å². The Morgan fingerprint density at radius 1 is 1.16 bits per heavy atom. The van der Waals surface area contributed by atoms with Crippen molar-refractivity contribution in [2.75, 3.05) is 6.54 Å². The highest BCUT2D eigenvalue weighted by molar-refractivity contribution is 5.96. The zero-order chi connectivity index (χ0) is 22.0. The fourth-order valence-corrected chi connectivity index (χ4v) is 4.32. The maximum atomic E-state index is 14.5. The molecule has 0 spiro atoms. The summed E-state index contributed by atoms with van der Waals surface area (Å²) in [5.74, 6) is -0.685. The molecule has 2 fully saturated rings.